The van der Waals surface area contributed by atoms with Gasteiger partial charge in [0.25, 0.3) is 0 Å². The third-order valence-corrected chi connectivity index (χ3v) is 1.14. The van der Waals surface area contributed by atoms with Crippen molar-refractivity contribution in [2.24, 2.45) is 0 Å². The third-order valence-electron chi connectivity index (χ3n) is 0.360. The predicted octanol–water partition coefficient (Wildman–Crippen LogP) is -1.84. The van der Waals surface area contributed by atoms with Crippen LogP contribution in [-0.4, -0.2) is 36.0 Å². The van der Waals surface area contributed by atoms with Crippen LogP contribution in [0.25, 0.3) is 0 Å². The summed E-state index contributed by atoms with van der Waals surface area (Å²) in [7, 11) is 0. The number of hydrogen-bond donors (Lipinski definition) is 1. The second-order valence-corrected chi connectivity index (χ2v) is 1.65. The van der Waals surface area contributed by atoms with Gasteiger partial charge in [0.15, 0.2) is 0 Å². The van der Waals surface area contributed by atoms with Gasteiger partial charge in [-0.3, -0.25) is 0 Å². The van der Waals surface area contributed by atoms with E-state index >= 15 is 0 Å². The van der Waals surface area contributed by atoms with Gasteiger partial charge >= 0.3 is 49.1 Å². The van der Waals surface area contributed by atoms with E-state index in [0.29, 0.717) is 0 Å². The number of hydrogen-bond acceptors (Lipinski definition) is 3. The summed E-state index contributed by atoms with van der Waals surface area (Å²) in [4.78, 5) is 19.2. The van der Waals surface area contributed by atoms with Crippen LogP contribution in [0.3, 0.4) is 0 Å². The van der Waals surface area contributed by atoms with Gasteiger partial charge in [-0.05, 0) is 0 Å². The zero-order chi connectivity index (χ0) is 5.86. The number of carbonyl (C=O) groups excluding carboxylic acids is 1. The van der Waals surface area contributed by atoms with Crippen LogP contribution in [0.5, 0.6) is 0 Å². The number of carbonyl (C=O) groups is 2. The molecule has 0 bridgehead atoms. The minimum atomic E-state index is -1.52. The zero-order valence-electron chi connectivity index (χ0n) is 3.67. The topological polar surface area (TPSA) is 63.6 Å². The van der Waals surface area contributed by atoms with Gasteiger partial charge in [-0.1, -0.05) is 0 Å². The SMILES string of the molecule is O=C(O)C(=O)[O][GaH2]. The van der Waals surface area contributed by atoms with Gasteiger partial charge in [0.05, 0.1) is 0 Å². The Morgan fingerprint density at radius 2 is 2.00 bits per heavy atom. The van der Waals surface area contributed by atoms with E-state index in [2.05, 4.69) is 3.53 Å². The molecule has 4 nitrogen and oxygen atoms in total. The van der Waals surface area contributed by atoms with Crippen LogP contribution in [0.4, 0.5) is 0 Å². The minimum absolute atomic E-state index is 0.164. The van der Waals surface area contributed by atoms with Crippen molar-refractivity contribution in [1.82, 2.24) is 0 Å². The van der Waals surface area contributed by atoms with E-state index < -0.39 is 11.9 Å². The van der Waals surface area contributed by atoms with Crippen molar-refractivity contribution in [2.75, 3.05) is 0 Å². The average Bonchev–Trinajstić information content (AvgIpc) is 1.65. The molecule has 0 saturated carbocycles. The van der Waals surface area contributed by atoms with Crippen LogP contribution in [-0.2, 0) is 13.1 Å². The molecule has 0 aromatic heterocycles. The molecule has 1 N–H and O–H groups in total. The van der Waals surface area contributed by atoms with Crippen molar-refractivity contribution in [3.8, 4) is 0 Å². The van der Waals surface area contributed by atoms with E-state index in [1.807, 2.05) is 0 Å². The van der Waals surface area contributed by atoms with Crippen LogP contribution in [0.2, 0.25) is 0 Å². The van der Waals surface area contributed by atoms with Crippen molar-refractivity contribution in [2.45, 2.75) is 0 Å². The first-order valence-electron chi connectivity index (χ1n) is 1.49. The second kappa shape index (κ2) is 2.70. The molecule has 38 valence electrons. The Labute approximate surface area is 49.8 Å². The summed E-state index contributed by atoms with van der Waals surface area (Å²) < 4.78 is 3.96. The van der Waals surface area contributed by atoms with Gasteiger partial charge in [0.1, 0.15) is 0 Å². The van der Waals surface area contributed by atoms with Crippen molar-refractivity contribution >= 4 is 30.9 Å². The molecule has 0 aromatic rings. The Hall–Kier alpha value is -0.424. The predicted molar refractivity (Wildman–Crippen MR) is 22.3 cm³/mol. The van der Waals surface area contributed by atoms with Gasteiger partial charge in [0.2, 0.25) is 0 Å². The van der Waals surface area contributed by atoms with Crippen molar-refractivity contribution in [1.29, 1.82) is 0 Å². The molecule has 0 aliphatic heterocycles. The first kappa shape index (κ1) is 6.58. The molecule has 0 aliphatic carbocycles. The van der Waals surface area contributed by atoms with Gasteiger partial charge in [-0.15, -0.1) is 0 Å². The van der Waals surface area contributed by atoms with Crippen molar-refractivity contribution in [3.05, 3.63) is 0 Å². The number of carboxylic acids is 1. The van der Waals surface area contributed by atoms with Gasteiger partial charge in [-0.2, -0.15) is 0 Å². The summed E-state index contributed by atoms with van der Waals surface area (Å²) >= 11 is -0.164. The number of rotatable bonds is 0. The van der Waals surface area contributed by atoms with E-state index in [-0.39, 0.29) is 19.0 Å². The molecule has 0 saturated heterocycles. The molecular weight excluding hydrogens is 158 g/mol. The average molecular weight is 161 g/mol. The molecule has 0 atom stereocenters. The maximum absolute atomic E-state index is 9.74. The fourth-order valence-corrected chi connectivity index (χ4v) is 0.454. The van der Waals surface area contributed by atoms with Gasteiger partial charge in [-0.25, -0.2) is 0 Å². The Kier molecular flexibility index (Phi) is 2.54. The van der Waals surface area contributed by atoms with E-state index in [9.17, 15) is 9.59 Å². The molecule has 0 rings (SSSR count). The first-order chi connectivity index (χ1) is 3.18. The summed E-state index contributed by atoms with van der Waals surface area (Å²) in [5.74, 6) is -2.67. The van der Waals surface area contributed by atoms with Crippen LogP contribution in [0.15, 0.2) is 0 Å². The van der Waals surface area contributed by atoms with Crippen molar-refractivity contribution in [3.63, 3.8) is 0 Å². The summed E-state index contributed by atoms with van der Waals surface area (Å²) in [6.45, 7) is 0. The number of aliphatic carboxylic acids is 1. The fraction of sp³-hybridized carbons (Fsp3) is 0. The molecule has 0 radical (unpaired) electrons. The molecule has 0 amide bonds. The van der Waals surface area contributed by atoms with Crippen LogP contribution in [0, 0.1) is 0 Å². The Bertz CT molecular complexity index is 97.9. The first-order valence-corrected chi connectivity index (χ1v) is 3.21. The van der Waals surface area contributed by atoms with Gasteiger partial charge < -0.3 is 0 Å². The zero-order valence-corrected chi connectivity index (χ0v) is 7.87. The standard InChI is InChI=1S/C2H2O4.Ga.2H/c3-1(4)2(5)6;;;/h(H,3,4)(H,5,6);;;/q;+1;;/p-1. The summed E-state index contributed by atoms with van der Waals surface area (Å²) in [6, 6.07) is 0. The molecule has 7 heavy (non-hydrogen) atoms. The summed E-state index contributed by atoms with van der Waals surface area (Å²) in [5, 5.41) is 7.74. The van der Waals surface area contributed by atoms with Crippen LogP contribution in [0.1, 0.15) is 0 Å². The van der Waals surface area contributed by atoms with E-state index in [4.69, 9.17) is 5.11 Å². The summed E-state index contributed by atoms with van der Waals surface area (Å²) in [6.07, 6.45) is 0. The Morgan fingerprint density at radius 3 is 2.00 bits per heavy atom. The fourth-order valence-electron chi connectivity index (χ4n) is 0.0873. The maximum atomic E-state index is 9.74. The molecule has 0 fully saturated rings. The van der Waals surface area contributed by atoms with E-state index in [1.54, 1.807) is 0 Å². The molecule has 0 aromatic carbocycles. The van der Waals surface area contributed by atoms with Gasteiger partial charge in [0, 0.05) is 0 Å². The van der Waals surface area contributed by atoms with Crippen LogP contribution < -0.4 is 0 Å². The molecular formula is C2H3GaO4. The molecule has 5 heteroatoms. The Balaban J connectivity index is 3.58. The monoisotopic (exact) mass is 160 g/mol. The van der Waals surface area contributed by atoms with E-state index in [1.165, 1.54) is 0 Å². The number of carboxylic acid groups (broad SMARTS) is 1. The molecule has 0 aliphatic rings. The normalized spacial score (nSPS) is 7.43. The molecule has 0 unspecified atom stereocenters. The Morgan fingerprint density at radius 1 is 1.57 bits per heavy atom. The molecule has 0 heterocycles. The van der Waals surface area contributed by atoms with Crippen molar-refractivity contribution < 1.29 is 18.2 Å². The summed E-state index contributed by atoms with van der Waals surface area (Å²) in [5.41, 5.74) is 0. The van der Waals surface area contributed by atoms with Crippen LogP contribution >= 0.6 is 0 Å². The van der Waals surface area contributed by atoms with E-state index in [0.717, 1.165) is 0 Å². The molecule has 0 spiro atoms. The quantitative estimate of drug-likeness (QED) is 0.334. The second-order valence-electron chi connectivity index (χ2n) is 0.797. The third kappa shape index (κ3) is 2.29.